The minimum atomic E-state index is -3.50. The van der Waals surface area contributed by atoms with E-state index in [1.807, 2.05) is 17.7 Å². The van der Waals surface area contributed by atoms with Gasteiger partial charge in [-0.1, -0.05) is 25.1 Å². The first-order valence-electron chi connectivity index (χ1n) is 4.54. The molecule has 5 heteroatoms. The van der Waals surface area contributed by atoms with E-state index >= 15 is 0 Å². The van der Waals surface area contributed by atoms with E-state index in [-0.39, 0.29) is 1.43 Å². The van der Waals surface area contributed by atoms with Gasteiger partial charge in [0.1, 0.15) is 0 Å². The molecule has 0 fully saturated rings. The maximum atomic E-state index is 11.5. The Morgan fingerprint density at radius 1 is 1.40 bits per heavy atom. The third kappa shape index (κ3) is 3.36. The molecule has 0 spiro atoms. The zero-order valence-corrected chi connectivity index (χ0v) is 9.47. The third-order valence-electron chi connectivity index (χ3n) is 1.92. The van der Waals surface area contributed by atoms with Gasteiger partial charge in [0.25, 0.3) is 5.91 Å². The number of sulfonamides is 1. The summed E-state index contributed by atoms with van der Waals surface area (Å²) in [5, 5.41) is 0. The van der Waals surface area contributed by atoms with E-state index < -0.39 is 15.9 Å². The van der Waals surface area contributed by atoms with Crippen molar-refractivity contribution >= 4 is 15.9 Å². The van der Waals surface area contributed by atoms with Crippen LogP contribution in [0, 0.1) is 0 Å². The predicted molar refractivity (Wildman–Crippen MR) is 60.2 cm³/mol. The summed E-state index contributed by atoms with van der Waals surface area (Å²) in [6, 6.07) is 6.93. The second kappa shape index (κ2) is 4.44. The van der Waals surface area contributed by atoms with Crippen LogP contribution in [0.25, 0.3) is 0 Å². The molecule has 0 saturated carbocycles. The smallest absolute Gasteiger partial charge is 0.264 e. The lowest BCUT2D eigenvalue weighted by atomic mass is 10.1. The summed E-state index contributed by atoms with van der Waals surface area (Å²) >= 11 is 0. The average Bonchev–Trinajstić information content (AvgIpc) is 2.15. The summed E-state index contributed by atoms with van der Waals surface area (Å²) in [6.07, 6.45) is 1.65. The van der Waals surface area contributed by atoms with E-state index in [0.29, 0.717) is 12.0 Å². The summed E-state index contributed by atoms with van der Waals surface area (Å²) in [7, 11) is -3.50. The van der Waals surface area contributed by atoms with Crippen molar-refractivity contribution in [3.05, 3.63) is 35.4 Å². The Kier molecular flexibility index (Phi) is 3.47. The molecule has 1 N–H and O–H groups in total. The zero-order chi connectivity index (χ0) is 11.5. The third-order valence-corrected chi connectivity index (χ3v) is 2.48. The van der Waals surface area contributed by atoms with Crippen molar-refractivity contribution in [3.63, 3.8) is 0 Å². The molecule has 0 saturated heterocycles. The molecule has 4 nitrogen and oxygen atoms in total. The molecule has 0 unspecified atom stereocenters. The fourth-order valence-electron chi connectivity index (χ4n) is 1.27. The monoisotopic (exact) mass is 229 g/mol. The number of carbonyl (C=O) groups excluding carboxylic acids is 1. The van der Waals surface area contributed by atoms with E-state index in [9.17, 15) is 13.2 Å². The first-order chi connectivity index (χ1) is 6.94. The van der Waals surface area contributed by atoms with Crippen LogP contribution < -0.4 is 4.72 Å². The minimum Gasteiger partial charge on any atom is -0.268 e. The summed E-state index contributed by atoms with van der Waals surface area (Å²) in [6.45, 7) is 1.91. The molecule has 0 aromatic heterocycles. The van der Waals surface area contributed by atoms with E-state index in [0.717, 1.165) is 11.8 Å². The van der Waals surface area contributed by atoms with Crippen LogP contribution in [0.2, 0.25) is 0 Å². The molecular formula is C10H15NO3S. The van der Waals surface area contributed by atoms with Crippen LogP contribution in [-0.2, 0) is 16.4 Å². The molecule has 0 atom stereocenters. The number of hydrogen-bond acceptors (Lipinski definition) is 3. The lowest BCUT2D eigenvalue weighted by Crippen LogP contribution is -2.30. The van der Waals surface area contributed by atoms with Gasteiger partial charge < -0.3 is 0 Å². The molecule has 15 heavy (non-hydrogen) atoms. The number of benzene rings is 1. The molecule has 0 aliphatic carbocycles. The van der Waals surface area contributed by atoms with Crippen molar-refractivity contribution < 1.29 is 14.6 Å². The van der Waals surface area contributed by atoms with E-state index in [1.54, 1.807) is 18.2 Å². The van der Waals surface area contributed by atoms with Gasteiger partial charge in [-0.25, -0.2) is 13.1 Å². The molecule has 0 bridgehead atoms. The van der Waals surface area contributed by atoms with Crippen molar-refractivity contribution in [2.24, 2.45) is 0 Å². The van der Waals surface area contributed by atoms with Crippen molar-refractivity contribution in [3.8, 4) is 0 Å². The Bertz CT molecular complexity index is 471. The lowest BCUT2D eigenvalue weighted by Gasteiger charge is -2.06. The molecule has 1 aromatic carbocycles. The van der Waals surface area contributed by atoms with Gasteiger partial charge in [0.2, 0.25) is 10.0 Å². The van der Waals surface area contributed by atoms with Crippen LogP contribution in [0.3, 0.4) is 0 Å². The first kappa shape index (κ1) is 11.7. The Balaban J connectivity index is 0.00000225. The summed E-state index contributed by atoms with van der Waals surface area (Å²) in [5.74, 6) is -0.574. The normalized spacial score (nSPS) is 11.1. The number of amides is 1. The second-order valence-electron chi connectivity index (χ2n) is 3.21. The van der Waals surface area contributed by atoms with E-state index in [1.165, 1.54) is 0 Å². The van der Waals surface area contributed by atoms with Gasteiger partial charge in [-0.3, -0.25) is 4.79 Å². The van der Waals surface area contributed by atoms with Crippen molar-refractivity contribution in [1.29, 1.82) is 0 Å². The maximum Gasteiger partial charge on any atom is 0.264 e. The summed E-state index contributed by atoms with van der Waals surface area (Å²) in [5.41, 5.74) is 1.24. The first-order valence-corrected chi connectivity index (χ1v) is 6.43. The Morgan fingerprint density at radius 3 is 2.53 bits per heavy atom. The Hall–Kier alpha value is -1.36. The SMILES string of the molecule is CCc1ccccc1C(=O)NS(C)(=O)=O.[HH]. The molecule has 1 aromatic rings. The molecule has 84 valence electrons. The Labute approximate surface area is 90.8 Å². The molecule has 0 aliphatic heterocycles. The lowest BCUT2D eigenvalue weighted by molar-refractivity contribution is 0.0981. The molecule has 0 aliphatic rings. The highest BCUT2D eigenvalue weighted by Gasteiger charge is 2.13. The van der Waals surface area contributed by atoms with Crippen molar-refractivity contribution in [2.45, 2.75) is 13.3 Å². The number of nitrogens with one attached hydrogen (secondary N) is 1. The highest BCUT2D eigenvalue weighted by Crippen LogP contribution is 2.09. The Morgan fingerprint density at radius 2 is 2.00 bits per heavy atom. The highest BCUT2D eigenvalue weighted by molar-refractivity contribution is 7.89. The molecule has 0 radical (unpaired) electrons. The van der Waals surface area contributed by atoms with Crippen LogP contribution in [0.15, 0.2) is 24.3 Å². The minimum absolute atomic E-state index is 0. The van der Waals surface area contributed by atoms with Crippen LogP contribution in [0.5, 0.6) is 0 Å². The number of aryl methyl sites for hydroxylation is 1. The van der Waals surface area contributed by atoms with Crippen molar-refractivity contribution in [1.82, 2.24) is 4.72 Å². The topological polar surface area (TPSA) is 63.2 Å². The van der Waals surface area contributed by atoms with Gasteiger partial charge in [0, 0.05) is 6.99 Å². The van der Waals surface area contributed by atoms with Gasteiger partial charge in [-0.15, -0.1) is 0 Å². The summed E-state index contributed by atoms with van der Waals surface area (Å²) < 4.78 is 23.7. The predicted octanol–water partition coefficient (Wildman–Crippen LogP) is 1.18. The number of rotatable bonds is 3. The second-order valence-corrected chi connectivity index (χ2v) is 4.96. The van der Waals surface area contributed by atoms with Gasteiger partial charge in [0.05, 0.1) is 6.26 Å². The van der Waals surface area contributed by atoms with Gasteiger partial charge in [0.15, 0.2) is 0 Å². The fourth-order valence-corrected chi connectivity index (χ4v) is 1.72. The molecule has 0 heterocycles. The van der Waals surface area contributed by atoms with Crippen LogP contribution in [-0.4, -0.2) is 20.6 Å². The number of carbonyl (C=O) groups is 1. The largest absolute Gasteiger partial charge is 0.268 e. The molecule has 1 rings (SSSR count). The quantitative estimate of drug-likeness (QED) is 0.846. The average molecular weight is 229 g/mol. The molecular weight excluding hydrogens is 214 g/mol. The highest BCUT2D eigenvalue weighted by atomic mass is 32.2. The van der Waals surface area contributed by atoms with Gasteiger partial charge in [-0.2, -0.15) is 0 Å². The standard InChI is InChI=1S/C10H13NO3S.H2/c1-3-8-6-4-5-7-9(8)10(12)11-15(2,13)14;/h4-7H,3H2,1-2H3,(H,11,12);1H. The zero-order valence-electron chi connectivity index (χ0n) is 8.65. The van der Waals surface area contributed by atoms with E-state index in [4.69, 9.17) is 0 Å². The number of hydrogen-bond donors (Lipinski definition) is 1. The van der Waals surface area contributed by atoms with Gasteiger partial charge in [-0.05, 0) is 18.1 Å². The van der Waals surface area contributed by atoms with Crippen LogP contribution in [0.1, 0.15) is 24.3 Å². The van der Waals surface area contributed by atoms with Crippen LogP contribution in [0.4, 0.5) is 0 Å². The van der Waals surface area contributed by atoms with Crippen LogP contribution >= 0.6 is 0 Å². The van der Waals surface area contributed by atoms with E-state index in [2.05, 4.69) is 0 Å². The fraction of sp³-hybridized carbons (Fsp3) is 0.300. The maximum absolute atomic E-state index is 11.5. The molecule has 1 amide bonds. The van der Waals surface area contributed by atoms with Gasteiger partial charge >= 0.3 is 0 Å². The summed E-state index contributed by atoms with van der Waals surface area (Å²) in [4.78, 5) is 11.5. The van der Waals surface area contributed by atoms with Crippen molar-refractivity contribution in [2.75, 3.05) is 6.26 Å².